The standard InChI is InChI=1S/C7H13N3O3S/c1-6-4-7(13-9-6)5-8-14(11,12)10(2)3/h4,8H,5H2,1-3H3. The maximum absolute atomic E-state index is 11.3. The quantitative estimate of drug-likeness (QED) is 0.766. The maximum atomic E-state index is 11.3. The third-order valence-electron chi connectivity index (χ3n) is 1.59. The highest BCUT2D eigenvalue weighted by Crippen LogP contribution is 2.02. The first kappa shape index (κ1) is 11.2. The van der Waals surface area contributed by atoms with Crippen LogP contribution in [0.2, 0.25) is 0 Å². The summed E-state index contributed by atoms with van der Waals surface area (Å²) < 4.78 is 30.8. The molecule has 1 heterocycles. The first-order valence-electron chi connectivity index (χ1n) is 4.01. The van der Waals surface area contributed by atoms with Crippen LogP contribution in [0.3, 0.4) is 0 Å². The van der Waals surface area contributed by atoms with Crippen molar-refractivity contribution in [3.8, 4) is 0 Å². The van der Waals surface area contributed by atoms with Gasteiger partial charge in [0.1, 0.15) is 0 Å². The minimum absolute atomic E-state index is 0.112. The van der Waals surface area contributed by atoms with Crippen molar-refractivity contribution >= 4 is 10.2 Å². The summed E-state index contributed by atoms with van der Waals surface area (Å²) in [5.41, 5.74) is 0.726. The van der Waals surface area contributed by atoms with E-state index in [1.165, 1.54) is 14.1 Å². The van der Waals surface area contributed by atoms with E-state index in [9.17, 15) is 8.42 Å². The van der Waals surface area contributed by atoms with E-state index in [0.717, 1.165) is 10.00 Å². The smallest absolute Gasteiger partial charge is 0.279 e. The second-order valence-electron chi connectivity index (χ2n) is 3.04. The topological polar surface area (TPSA) is 75.4 Å². The van der Waals surface area contributed by atoms with Gasteiger partial charge in [0.2, 0.25) is 0 Å². The summed E-state index contributed by atoms with van der Waals surface area (Å²) in [6.07, 6.45) is 0. The van der Waals surface area contributed by atoms with E-state index in [1.807, 2.05) is 0 Å². The fourth-order valence-electron chi connectivity index (χ4n) is 0.791. The fourth-order valence-corrected chi connectivity index (χ4v) is 1.37. The molecule has 1 aromatic heterocycles. The van der Waals surface area contributed by atoms with Gasteiger partial charge in [-0.1, -0.05) is 5.16 Å². The van der Waals surface area contributed by atoms with Crippen molar-refractivity contribution in [3.05, 3.63) is 17.5 Å². The van der Waals surface area contributed by atoms with E-state index in [4.69, 9.17) is 4.52 Å². The molecular formula is C7H13N3O3S. The van der Waals surface area contributed by atoms with Crippen LogP contribution < -0.4 is 4.72 Å². The van der Waals surface area contributed by atoms with E-state index in [-0.39, 0.29) is 6.54 Å². The molecule has 0 aliphatic rings. The Morgan fingerprint density at radius 1 is 1.57 bits per heavy atom. The third kappa shape index (κ3) is 2.79. The van der Waals surface area contributed by atoms with Gasteiger partial charge in [-0.25, -0.2) is 0 Å². The molecule has 6 nitrogen and oxygen atoms in total. The van der Waals surface area contributed by atoms with Crippen LogP contribution >= 0.6 is 0 Å². The van der Waals surface area contributed by atoms with Gasteiger partial charge in [0.15, 0.2) is 5.76 Å². The third-order valence-corrected chi connectivity index (χ3v) is 3.06. The molecule has 0 unspecified atom stereocenters. The highest BCUT2D eigenvalue weighted by molar-refractivity contribution is 7.87. The molecule has 80 valence electrons. The molecule has 1 aromatic rings. The lowest BCUT2D eigenvalue weighted by Crippen LogP contribution is -2.35. The average molecular weight is 219 g/mol. The number of nitrogens with one attached hydrogen (secondary N) is 1. The van der Waals surface area contributed by atoms with Gasteiger partial charge in [0, 0.05) is 20.2 Å². The van der Waals surface area contributed by atoms with E-state index in [0.29, 0.717) is 5.76 Å². The molecule has 0 spiro atoms. The molecule has 0 radical (unpaired) electrons. The SMILES string of the molecule is Cc1cc(CNS(=O)(=O)N(C)C)on1. The summed E-state index contributed by atoms with van der Waals surface area (Å²) in [5, 5.41) is 3.64. The van der Waals surface area contributed by atoms with Crippen molar-refractivity contribution in [1.29, 1.82) is 0 Å². The van der Waals surface area contributed by atoms with Crippen LogP contribution in [0.15, 0.2) is 10.6 Å². The van der Waals surface area contributed by atoms with Gasteiger partial charge < -0.3 is 4.52 Å². The summed E-state index contributed by atoms with van der Waals surface area (Å²) in [5.74, 6) is 0.493. The Kier molecular flexibility index (Phi) is 3.25. The van der Waals surface area contributed by atoms with Crippen LogP contribution in [0.5, 0.6) is 0 Å². The highest BCUT2D eigenvalue weighted by Gasteiger charge is 2.13. The molecule has 0 fully saturated rings. The molecule has 0 aromatic carbocycles. The van der Waals surface area contributed by atoms with Crippen molar-refractivity contribution in [3.63, 3.8) is 0 Å². The summed E-state index contributed by atoms with van der Waals surface area (Å²) in [4.78, 5) is 0. The first-order valence-corrected chi connectivity index (χ1v) is 5.45. The zero-order valence-corrected chi connectivity index (χ0v) is 9.13. The molecule has 1 rings (SSSR count). The van der Waals surface area contributed by atoms with Gasteiger partial charge in [-0.15, -0.1) is 0 Å². The number of aromatic nitrogens is 1. The van der Waals surface area contributed by atoms with Crippen molar-refractivity contribution in [1.82, 2.24) is 14.2 Å². The summed E-state index contributed by atoms with van der Waals surface area (Å²) in [6.45, 7) is 1.88. The number of aryl methyl sites for hydroxylation is 1. The Hall–Kier alpha value is -0.920. The van der Waals surface area contributed by atoms with Crippen LogP contribution in [-0.4, -0.2) is 32.0 Å². The Bertz CT molecular complexity index is 396. The fraction of sp³-hybridized carbons (Fsp3) is 0.571. The van der Waals surface area contributed by atoms with Crippen molar-refractivity contribution in [2.45, 2.75) is 13.5 Å². The van der Waals surface area contributed by atoms with Crippen LogP contribution in [0.4, 0.5) is 0 Å². The molecule has 1 N–H and O–H groups in total. The molecule has 0 aliphatic carbocycles. The zero-order valence-electron chi connectivity index (χ0n) is 8.31. The van der Waals surface area contributed by atoms with Crippen LogP contribution in [0.25, 0.3) is 0 Å². The van der Waals surface area contributed by atoms with Crippen LogP contribution in [-0.2, 0) is 16.8 Å². The molecule has 0 saturated heterocycles. The van der Waals surface area contributed by atoms with Gasteiger partial charge in [0.05, 0.1) is 12.2 Å². The monoisotopic (exact) mass is 219 g/mol. The number of hydrogen-bond acceptors (Lipinski definition) is 4. The normalized spacial score (nSPS) is 12.3. The molecule has 0 atom stereocenters. The lowest BCUT2D eigenvalue weighted by atomic mass is 10.4. The van der Waals surface area contributed by atoms with Crippen molar-refractivity contribution in [2.75, 3.05) is 14.1 Å². The predicted octanol–water partition coefficient (Wildman–Crippen LogP) is -0.121. The van der Waals surface area contributed by atoms with Crippen molar-refractivity contribution < 1.29 is 12.9 Å². The van der Waals surface area contributed by atoms with Gasteiger partial charge in [-0.3, -0.25) is 0 Å². The number of rotatable bonds is 4. The average Bonchev–Trinajstić information content (AvgIpc) is 2.48. The maximum Gasteiger partial charge on any atom is 0.279 e. The molecule has 0 bridgehead atoms. The predicted molar refractivity (Wildman–Crippen MR) is 50.7 cm³/mol. The molecule has 0 aliphatic heterocycles. The van der Waals surface area contributed by atoms with Gasteiger partial charge >= 0.3 is 0 Å². The number of nitrogens with zero attached hydrogens (tertiary/aromatic N) is 2. The first-order chi connectivity index (χ1) is 6.42. The summed E-state index contributed by atoms with van der Waals surface area (Å²) in [7, 11) is -0.487. The highest BCUT2D eigenvalue weighted by atomic mass is 32.2. The largest absolute Gasteiger partial charge is 0.360 e. The van der Waals surface area contributed by atoms with Crippen molar-refractivity contribution in [2.24, 2.45) is 0 Å². The van der Waals surface area contributed by atoms with Crippen LogP contribution in [0.1, 0.15) is 11.5 Å². The number of hydrogen-bond donors (Lipinski definition) is 1. The second-order valence-corrected chi connectivity index (χ2v) is 5.01. The second kappa shape index (κ2) is 4.07. The van der Waals surface area contributed by atoms with Gasteiger partial charge in [0.25, 0.3) is 10.2 Å². The molecule has 7 heteroatoms. The zero-order chi connectivity index (χ0) is 10.8. The Morgan fingerprint density at radius 2 is 2.21 bits per heavy atom. The Labute approximate surface area is 83.1 Å². The van der Waals surface area contributed by atoms with Gasteiger partial charge in [-0.2, -0.15) is 17.4 Å². The Morgan fingerprint density at radius 3 is 2.64 bits per heavy atom. The van der Waals surface area contributed by atoms with E-state index >= 15 is 0 Å². The lowest BCUT2D eigenvalue weighted by Gasteiger charge is -2.10. The minimum atomic E-state index is -3.39. The Balaban J connectivity index is 2.57. The van der Waals surface area contributed by atoms with Gasteiger partial charge in [-0.05, 0) is 6.92 Å². The summed E-state index contributed by atoms with van der Waals surface area (Å²) >= 11 is 0. The van der Waals surface area contributed by atoms with E-state index in [1.54, 1.807) is 13.0 Å². The summed E-state index contributed by atoms with van der Waals surface area (Å²) in [6, 6.07) is 1.68. The van der Waals surface area contributed by atoms with E-state index in [2.05, 4.69) is 9.88 Å². The lowest BCUT2D eigenvalue weighted by molar-refractivity contribution is 0.375. The molecule has 0 saturated carbocycles. The minimum Gasteiger partial charge on any atom is -0.360 e. The molecular weight excluding hydrogens is 206 g/mol. The molecule has 14 heavy (non-hydrogen) atoms. The molecule has 0 amide bonds. The van der Waals surface area contributed by atoms with E-state index < -0.39 is 10.2 Å². The van der Waals surface area contributed by atoms with Crippen LogP contribution in [0, 0.1) is 6.92 Å².